The van der Waals surface area contributed by atoms with Gasteiger partial charge in [-0.1, -0.05) is 0 Å². The number of nitrogens with zero attached hydrogens (tertiary/aromatic N) is 3. The summed E-state index contributed by atoms with van der Waals surface area (Å²) in [5.74, 6) is 0.428. The molecule has 1 aromatic rings. The summed E-state index contributed by atoms with van der Waals surface area (Å²) in [6.07, 6.45) is 1.81. The fraction of sp³-hybridized carbons (Fsp3) is 0.500. The third-order valence-electron chi connectivity index (χ3n) is 2.38. The van der Waals surface area contributed by atoms with E-state index in [4.69, 9.17) is 10.0 Å². The molecule has 3 N–H and O–H groups in total. The van der Waals surface area contributed by atoms with Crippen LogP contribution >= 0.6 is 0 Å². The number of hydrogen-bond acceptors (Lipinski definition) is 6. The van der Waals surface area contributed by atoms with Gasteiger partial charge in [0, 0.05) is 19.3 Å². The van der Waals surface area contributed by atoms with E-state index >= 15 is 0 Å². The smallest absolute Gasteiger partial charge is 0.422 e. The van der Waals surface area contributed by atoms with Crippen LogP contribution in [0.4, 0.5) is 5.95 Å². The molecule has 1 saturated heterocycles. The van der Waals surface area contributed by atoms with Gasteiger partial charge in [0.2, 0.25) is 5.95 Å². The van der Waals surface area contributed by atoms with Crippen molar-refractivity contribution < 1.29 is 15.2 Å². The lowest BCUT2D eigenvalue weighted by Gasteiger charge is -2.15. The molecule has 1 unspecified atom stereocenters. The van der Waals surface area contributed by atoms with Crippen LogP contribution in [0.1, 0.15) is 6.42 Å². The van der Waals surface area contributed by atoms with Crippen LogP contribution in [0.15, 0.2) is 12.3 Å². The van der Waals surface area contributed by atoms with Crippen molar-refractivity contribution in [1.82, 2.24) is 9.97 Å². The lowest BCUT2D eigenvalue weighted by molar-refractivity contribution is 0.198. The Bertz CT molecular complexity index is 350. The van der Waals surface area contributed by atoms with Gasteiger partial charge < -0.3 is 20.1 Å². The van der Waals surface area contributed by atoms with Crippen molar-refractivity contribution in [1.29, 1.82) is 0 Å². The molecule has 15 heavy (non-hydrogen) atoms. The molecule has 0 saturated carbocycles. The van der Waals surface area contributed by atoms with Crippen LogP contribution in [-0.2, 0) is 0 Å². The Balaban J connectivity index is 2.18. The van der Waals surface area contributed by atoms with Gasteiger partial charge in [0.15, 0.2) is 0 Å². The second-order valence-electron chi connectivity index (χ2n) is 3.54. The maximum absolute atomic E-state index is 9.34. The normalized spacial score (nSPS) is 20.7. The fourth-order valence-electron chi connectivity index (χ4n) is 1.58. The van der Waals surface area contributed by atoms with Crippen molar-refractivity contribution in [2.45, 2.75) is 12.5 Å². The standard InChI is InChI=1S/C8H12BN3O3/c13-6-2-4-12(5-6)8-10-3-1-7(11-8)9(14)15/h1,3,6,13-15H,2,4-5H2. The molecule has 1 aliphatic rings. The van der Waals surface area contributed by atoms with E-state index in [-0.39, 0.29) is 11.7 Å². The largest absolute Gasteiger partial charge is 0.508 e. The van der Waals surface area contributed by atoms with Gasteiger partial charge in [-0.2, -0.15) is 0 Å². The Kier molecular flexibility index (Phi) is 2.85. The van der Waals surface area contributed by atoms with Gasteiger partial charge in [-0.15, -0.1) is 0 Å². The topological polar surface area (TPSA) is 89.7 Å². The maximum Gasteiger partial charge on any atom is 0.508 e. The van der Waals surface area contributed by atoms with Gasteiger partial charge in [-0.3, -0.25) is 0 Å². The summed E-state index contributed by atoms with van der Waals surface area (Å²) in [5.41, 5.74) is 0.168. The molecule has 0 aromatic carbocycles. The number of β-amino-alcohol motifs (C(OH)–C–C–N with tert-alkyl or cyclic N) is 1. The average molecular weight is 209 g/mol. The second-order valence-corrected chi connectivity index (χ2v) is 3.54. The highest BCUT2D eigenvalue weighted by atomic mass is 16.4. The summed E-state index contributed by atoms with van der Waals surface area (Å²) in [7, 11) is -1.58. The minimum absolute atomic E-state index is 0.168. The van der Waals surface area contributed by atoms with Crippen LogP contribution in [-0.4, -0.2) is 51.4 Å². The number of anilines is 1. The predicted molar refractivity (Wildman–Crippen MR) is 54.7 cm³/mol. The quantitative estimate of drug-likeness (QED) is 0.476. The summed E-state index contributed by atoms with van der Waals surface area (Å²) in [5, 5.41) is 27.2. The first kappa shape index (κ1) is 10.3. The highest BCUT2D eigenvalue weighted by Gasteiger charge is 2.23. The molecule has 2 rings (SSSR count). The highest BCUT2D eigenvalue weighted by Crippen LogP contribution is 2.14. The maximum atomic E-state index is 9.34. The second kappa shape index (κ2) is 4.14. The molecule has 1 aromatic heterocycles. The number of aromatic nitrogens is 2. The van der Waals surface area contributed by atoms with Crippen LogP contribution in [0.2, 0.25) is 0 Å². The number of aliphatic hydroxyl groups excluding tert-OH is 1. The third kappa shape index (κ3) is 2.25. The first-order chi connectivity index (χ1) is 7.16. The third-order valence-corrected chi connectivity index (χ3v) is 2.38. The van der Waals surface area contributed by atoms with Crippen LogP contribution in [0, 0.1) is 0 Å². The van der Waals surface area contributed by atoms with Gasteiger partial charge in [-0.25, -0.2) is 9.97 Å². The molecule has 2 heterocycles. The van der Waals surface area contributed by atoms with Gasteiger partial charge >= 0.3 is 7.12 Å². The summed E-state index contributed by atoms with van der Waals surface area (Å²) < 4.78 is 0. The van der Waals surface area contributed by atoms with Crippen molar-refractivity contribution in [3.8, 4) is 0 Å². The molecule has 7 heteroatoms. The van der Waals surface area contributed by atoms with Crippen LogP contribution in [0.5, 0.6) is 0 Å². The monoisotopic (exact) mass is 209 g/mol. The van der Waals surface area contributed by atoms with E-state index in [1.54, 1.807) is 0 Å². The molecule has 1 atom stereocenters. The zero-order valence-corrected chi connectivity index (χ0v) is 8.11. The minimum Gasteiger partial charge on any atom is -0.422 e. The van der Waals surface area contributed by atoms with Crippen molar-refractivity contribution in [2.24, 2.45) is 0 Å². The molecule has 0 bridgehead atoms. The van der Waals surface area contributed by atoms with E-state index in [2.05, 4.69) is 9.97 Å². The van der Waals surface area contributed by atoms with E-state index in [0.29, 0.717) is 25.5 Å². The minimum atomic E-state index is -1.58. The lowest BCUT2D eigenvalue weighted by Crippen LogP contribution is -2.35. The van der Waals surface area contributed by atoms with Gasteiger partial charge in [-0.05, 0) is 12.5 Å². The summed E-state index contributed by atoms with van der Waals surface area (Å²) in [6, 6.07) is 1.45. The zero-order chi connectivity index (χ0) is 10.8. The molecular formula is C8H12BN3O3. The van der Waals surface area contributed by atoms with E-state index in [9.17, 15) is 5.11 Å². The van der Waals surface area contributed by atoms with Gasteiger partial charge in [0.25, 0.3) is 0 Å². The first-order valence-corrected chi connectivity index (χ1v) is 4.79. The molecule has 0 radical (unpaired) electrons. The van der Waals surface area contributed by atoms with Crippen molar-refractivity contribution in [3.63, 3.8) is 0 Å². The molecule has 1 fully saturated rings. The van der Waals surface area contributed by atoms with E-state index in [1.165, 1.54) is 12.3 Å². The molecule has 0 aliphatic carbocycles. The van der Waals surface area contributed by atoms with Crippen LogP contribution in [0.3, 0.4) is 0 Å². The summed E-state index contributed by atoms with van der Waals surface area (Å²) >= 11 is 0. The molecule has 6 nitrogen and oxygen atoms in total. The Morgan fingerprint density at radius 2 is 2.27 bits per heavy atom. The van der Waals surface area contributed by atoms with Crippen molar-refractivity contribution in [2.75, 3.05) is 18.0 Å². The number of rotatable bonds is 2. The number of aliphatic hydroxyl groups is 1. The molecular weight excluding hydrogens is 197 g/mol. The summed E-state index contributed by atoms with van der Waals surface area (Å²) in [6.45, 7) is 1.18. The Labute approximate surface area is 87.4 Å². The van der Waals surface area contributed by atoms with E-state index in [1.807, 2.05) is 4.90 Å². The van der Waals surface area contributed by atoms with Crippen LogP contribution in [0.25, 0.3) is 0 Å². The average Bonchev–Trinajstić information content (AvgIpc) is 2.65. The number of hydrogen-bond donors (Lipinski definition) is 3. The van der Waals surface area contributed by atoms with Crippen molar-refractivity contribution >= 4 is 18.7 Å². The fourth-order valence-corrected chi connectivity index (χ4v) is 1.58. The predicted octanol–water partition coefficient (Wildman–Crippen LogP) is -2.27. The molecule has 0 amide bonds. The Morgan fingerprint density at radius 1 is 1.47 bits per heavy atom. The van der Waals surface area contributed by atoms with Gasteiger partial charge in [0.05, 0.1) is 11.7 Å². The molecule has 80 valence electrons. The summed E-state index contributed by atoms with van der Waals surface area (Å²) in [4.78, 5) is 9.83. The first-order valence-electron chi connectivity index (χ1n) is 4.79. The molecule has 0 spiro atoms. The highest BCUT2D eigenvalue weighted by molar-refractivity contribution is 6.57. The van der Waals surface area contributed by atoms with E-state index in [0.717, 1.165) is 0 Å². The van der Waals surface area contributed by atoms with Crippen LogP contribution < -0.4 is 10.5 Å². The van der Waals surface area contributed by atoms with Crippen molar-refractivity contribution in [3.05, 3.63) is 12.3 Å². The Hall–Kier alpha value is -1.18. The van der Waals surface area contributed by atoms with E-state index < -0.39 is 7.12 Å². The lowest BCUT2D eigenvalue weighted by atomic mass is 9.86. The molecule has 1 aliphatic heterocycles. The zero-order valence-electron chi connectivity index (χ0n) is 8.11. The SMILES string of the molecule is OB(O)c1ccnc(N2CCC(O)C2)n1. The Morgan fingerprint density at radius 3 is 2.87 bits per heavy atom. The van der Waals surface area contributed by atoms with Gasteiger partial charge in [0.1, 0.15) is 0 Å².